The number of rotatable bonds is 54. The topological polar surface area (TPSA) is 307 Å². The average molecular weight is 1350 g/mol. The third-order valence-electron chi connectivity index (χ3n) is 17.2. The standard InChI is InChI=1S/C77H127NO18/c1-3-5-7-9-11-13-15-17-19-21-23-25-27-28-29-30-31-32-33-35-37-39-41-43-45-47-49-51-53-55-65(83)78-60(61(82)54-52-50-48-46-44-42-40-38-36-34-26-24-22-20-18-16-14-12-10-8-6-4-2)59-91-75-71(89)68(86)73(63(57-80)93-75)96-77-72(90)69(87)74(64(58-81)94-77)95-76-70(88)67(85)66(84)62(56-79)92-76/h5,7,11,13,17,19,23,25,28-29,31-32,35,37,41,43-44,46-47,49,52,54,60-64,66-77,79-82,84-90H,3-4,6,8-10,12,14-16,18,20-22,24,26-27,30,33-34,36,38-40,42,45,48,50-51,53,55-59H2,1-2H3,(H,78,83)/b7-5-,13-11-,19-17-,25-23-,29-28-,32-31-,37-35-,43-41-,46-44+,49-47-,54-52+. The second-order valence-electron chi connectivity index (χ2n) is 25.3. The lowest BCUT2D eigenvalue weighted by Crippen LogP contribution is -2.66. The Morgan fingerprint density at radius 2 is 0.729 bits per heavy atom. The number of hydrogen-bond donors (Lipinski definition) is 12. The lowest BCUT2D eigenvalue weighted by molar-refractivity contribution is -0.379. The molecule has 3 heterocycles. The number of aliphatic hydroxyl groups excluding tert-OH is 11. The highest BCUT2D eigenvalue weighted by Gasteiger charge is 2.53. The minimum Gasteiger partial charge on any atom is -0.394 e. The van der Waals surface area contributed by atoms with Crippen LogP contribution in [0.3, 0.4) is 0 Å². The fourth-order valence-corrected chi connectivity index (χ4v) is 11.3. The van der Waals surface area contributed by atoms with Gasteiger partial charge >= 0.3 is 0 Å². The van der Waals surface area contributed by atoms with Crippen molar-refractivity contribution < 1.29 is 89.4 Å². The van der Waals surface area contributed by atoms with Crippen molar-refractivity contribution in [2.75, 3.05) is 26.4 Å². The third kappa shape index (κ3) is 37.4. The largest absolute Gasteiger partial charge is 0.394 e. The van der Waals surface area contributed by atoms with Crippen molar-refractivity contribution >= 4 is 5.91 Å². The highest BCUT2D eigenvalue weighted by Crippen LogP contribution is 2.33. The Morgan fingerprint density at radius 3 is 1.17 bits per heavy atom. The maximum absolute atomic E-state index is 13.4. The molecule has 0 bridgehead atoms. The Kier molecular flexibility index (Phi) is 50.8. The van der Waals surface area contributed by atoms with E-state index in [1.165, 1.54) is 96.3 Å². The minimum atomic E-state index is -1.99. The van der Waals surface area contributed by atoms with Gasteiger partial charge in [-0.1, -0.05) is 244 Å². The van der Waals surface area contributed by atoms with E-state index < -0.39 is 131 Å². The Labute approximate surface area is 575 Å². The predicted octanol–water partition coefficient (Wildman–Crippen LogP) is 10.5. The highest BCUT2D eigenvalue weighted by molar-refractivity contribution is 5.76. The van der Waals surface area contributed by atoms with Gasteiger partial charge in [-0.05, 0) is 96.3 Å². The van der Waals surface area contributed by atoms with Gasteiger partial charge in [-0.2, -0.15) is 0 Å². The van der Waals surface area contributed by atoms with Crippen LogP contribution in [-0.2, 0) is 33.2 Å². The van der Waals surface area contributed by atoms with Gasteiger partial charge in [0.25, 0.3) is 0 Å². The first-order chi connectivity index (χ1) is 46.8. The molecular weight excluding hydrogens is 1230 g/mol. The average Bonchev–Trinajstić information content (AvgIpc) is 0.787. The fraction of sp³-hybridized carbons (Fsp3) is 0.701. The molecule has 96 heavy (non-hydrogen) atoms. The highest BCUT2D eigenvalue weighted by atomic mass is 16.8. The maximum atomic E-state index is 13.4. The van der Waals surface area contributed by atoms with E-state index in [2.05, 4.69) is 135 Å². The van der Waals surface area contributed by atoms with Gasteiger partial charge in [-0.15, -0.1) is 0 Å². The molecule has 19 heteroatoms. The van der Waals surface area contributed by atoms with Gasteiger partial charge in [0.15, 0.2) is 18.9 Å². The molecule has 3 fully saturated rings. The summed E-state index contributed by atoms with van der Waals surface area (Å²) in [5.41, 5.74) is 0. The van der Waals surface area contributed by atoms with Crippen LogP contribution in [-0.4, -0.2) is 193 Å². The van der Waals surface area contributed by atoms with Crippen LogP contribution in [0.25, 0.3) is 0 Å². The zero-order valence-corrected chi connectivity index (χ0v) is 58.0. The van der Waals surface area contributed by atoms with Gasteiger partial charge < -0.3 is 89.9 Å². The van der Waals surface area contributed by atoms with E-state index in [4.69, 9.17) is 28.4 Å². The van der Waals surface area contributed by atoms with E-state index in [-0.39, 0.29) is 12.3 Å². The van der Waals surface area contributed by atoms with Crippen molar-refractivity contribution in [2.24, 2.45) is 0 Å². The molecule has 0 spiro atoms. The Hall–Kier alpha value is -4.07. The second kappa shape index (κ2) is 56.7. The lowest BCUT2D eigenvalue weighted by atomic mass is 9.96. The first-order valence-electron chi connectivity index (χ1n) is 36.4. The van der Waals surface area contributed by atoms with E-state index in [0.29, 0.717) is 19.3 Å². The van der Waals surface area contributed by atoms with Gasteiger partial charge in [-0.3, -0.25) is 4.79 Å². The summed E-state index contributed by atoms with van der Waals surface area (Å²) in [6, 6.07) is -1.03. The number of ether oxygens (including phenoxy) is 6. The molecule has 0 radical (unpaired) electrons. The molecule has 0 aromatic rings. The summed E-state index contributed by atoms with van der Waals surface area (Å²) in [4.78, 5) is 13.4. The molecule has 3 rings (SSSR count). The molecule has 19 nitrogen and oxygen atoms in total. The Bertz CT molecular complexity index is 2260. The van der Waals surface area contributed by atoms with Crippen molar-refractivity contribution in [3.8, 4) is 0 Å². The summed E-state index contributed by atoms with van der Waals surface area (Å²) >= 11 is 0. The van der Waals surface area contributed by atoms with E-state index in [1.54, 1.807) is 6.08 Å². The van der Waals surface area contributed by atoms with Gasteiger partial charge in [0, 0.05) is 6.42 Å². The van der Waals surface area contributed by atoms with Crippen LogP contribution in [0, 0.1) is 0 Å². The number of unbranched alkanes of at least 4 members (excludes halogenated alkanes) is 18. The van der Waals surface area contributed by atoms with Crippen LogP contribution < -0.4 is 5.32 Å². The zero-order valence-electron chi connectivity index (χ0n) is 58.0. The molecule has 548 valence electrons. The molecule has 12 N–H and O–H groups in total. The number of hydrogen-bond acceptors (Lipinski definition) is 18. The smallest absolute Gasteiger partial charge is 0.220 e. The normalized spacial score (nSPS) is 27.9. The molecule has 17 unspecified atom stereocenters. The minimum absolute atomic E-state index is 0.146. The SMILES string of the molecule is CC/C=C\C/C=C\C/C=C\C/C=C\C/C=C\C/C=C\C/C=C\C/C=C\C/C=C\CCCC(=O)NC(COC1OC(CO)C(OC2OC(CO)C(OC3OC(CO)C(O)C(O)C3O)C(O)C2O)C(O)C1O)C(O)/C=C/CC/C=C/CCCCCCCCCCCCCCCCCC. The van der Waals surface area contributed by atoms with E-state index in [9.17, 15) is 61.0 Å². The quantitative estimate of drug-likeness (QED) is 0.0199. The maximum Gasteiger partial charge on any atom is 0.220 e. The molecule has 1 amide bonds. The van der Waals surface area contributed by atoms with Gasteiger partial charge in [0.05, 0.1) is 38.6 Å². The molecule has 3 saturated heterocycles. The number of carbonyl (C=O) groups is 1. The molecular formula is C77H127NO18. The summed E-state index contributed by atoms with van der Waals surface area (Å²) in [5, 5.41) is 121. The molecule has 0 aromatic heterocycles. The predicted molar refractivity (Wildman–Crippen MR) is 378 cm³/mol. The zero-order chi connectivity index (χ0) is 69.6. The van der Waals surface area contributed by atoms with Crippen LogP contribution in [0.15, 0.2) is 134 Å². The first-order valence-corrected chi connectivity index (χ1v) is 36.4. The molecule has 0 saturated carbocycles. The second-order valence-corrected chi connectivity index (χ2v) is 25.3. The van der Waals surface area contributed by atoms with Gasteiger partial charge in [0.2, 0.25) is 5.91 Å². The molecule has 0 aromatic carbocycles. The number of carbonyl (C=O) groups excluding carboxylic acids is 1. The third-order valence-corrected chi connectivity index (χ3v) is 17.2. The number of nitrogens with one attached hydrogen (secondary N) is 1. The van der Waals surface area contributed by atoms with Crippen LogP contribution in [0.1, 0.15) is 213 Å². The monoisotopic (exact) mass is 1350 g/mol. The molecule has 3 aliphatic heterocycles. The van der Waals surface area contributed by atoms with Crippen molar-refractivity contribution in [3.63, 3.8) is 0 Å². The van der Waals surface area contributed by atoms with Gasteiger partial charge in [0.1, 0.15) is 73.2 Å². The Balaban J connectivity index is 1.46. The summed E-state index contributed by atoms with van der Waals surface area (Å²) in [7, 11) is 0. The number of amides is 1. The van der Waals surface area contributed by atoms with E-state index in [0.717, 1.165) is 77.0 Å². The Morgan fingerprint density at radius 1 is 0.385 bits per heavy atom. The van der Waals surface area contributed by atoms with E-state index in [1.807, 2.05) is 12.2 Å². The van der Waals surface area contributed by atoms with Gasteiger partial charge in [-0.25, -0.2) is 0 Å². The van der Waals surface area contributed by atoms with Crippen LogP contribution in [0.5, 0.6) is 0 Å². The first kappa shape index (κ1) is 86.2. The summed E-state index contributed by atoms with van der Waals surface area (Å²) in [6.45, 7) is 1.55. The van der Waals surface area contributed by atoms with Crippen molar-refractivity contribution in [1.82, 2.24) is 5.32 Å². The summed E-state index contributed by atoms with van der Waals surface area (Å²) in [5.74, 6) is -0.348. The lowest BCUT2D eigenvalue weighted by Gasteiger charge is -2.48. The number of aliphatic hydroxyl groups is 11. The van der Waals surface area contributed by atoms with Crippen molar-refractivity contribution in [1.29, 1.82) is 0 Å². The van der Waals surface area contributed by atoms with Crippen molar-refractivity contribution in [3.05, 3.63) is 134 Å². The van der Waals surface area contributed by atoms with Crippen LogP contribution >= 0.6 is 0 Å². The molecule has 17 atom stereocenters. The number of allylic oxidation sites excluding steroid dienone is 21. The van der Waals surface area contributed by atoms with Crippen molar-refractivity contribution in [2.45, 2.75) is 317 Å². The van der Waals surface area contributed by atoms with Crippen LogP contribution in [0.2, 0.25) is 0 Å². The van der Waals surface area contributed by atoms with Crippen LogP contribution in [0.4, 0.5) is 0 Å². The molecule has 3 aliphatic rings. The summed E-state index contributed by atoms with van der Waals surface area (Å²) in [6.07, 6.45) is 52.9. The molecule has 0 aliphatic carbocycles. The fourth-order valence-electron chi connectivity index (χ4n) is 11.3. The summed E-state index contributed by atoms with van der Waals surface area (Å²) < 4.78 is 34.3. The van der Waals surface area contributed by atoms with E-state index >= 15 is 0 Å².